The summed E-state index contributed by atoms with van der Waals surface area (Å²) in [5, 5.41) is 0.387. The summed E-state index contributed by atoms with van der Waals surface area (Å²) in [7, 11) is 0. The molecule has 3 rings (SSSR count). The van der Waals surface area contributed by atoms with Gasteiger partial charge in [0, 0.05) is 35.8 Å². The van der Waals surface area contributed by atoms with Gasteiger partial charge in [0.1, 0.15) is 0 Å². The molecule has 1 aliphatic heterocycles. The van der Waals surface area contributed by atoms with Gasteiger partial charge >= 0.3 is 5.51 Å². The third-order valence-electron chi connectivity index (χ3n) is 3.93. The van der Waals surface area contributed by atoms with E-state index >= 15 is 0 Å². The van der Waals surface area contributed by atoms with E-state index in [0.717, 1.165) is 0 Å². The van der Waals surface area contributed by atoms with E-state index in [9.17, 15) is 13.2 Å². The molecule has 0 unspecified atom stereocenters. The molecule has 2 aromatic rings. The Bertz CT molecular complexity index is 859. The summed E-state index contributed by atoms with van der Waals surface area (Å²) in [5.74, 6) is 0. The van der Waals surface area contributed by atoms with Crippen LogP contribution in [0.15, 0.2) is 23.1 Å². The second-order valence-electron chi connectivity index (χ2n) is 5.43. The monoisotopic (exact) mass is 334 g/mol. The Balaban J connectivity index is 2.06. The third kappa shape index (κ3) is 3.27. The highest BCUT2D eigenvalue weighted by Crippen LogP contribution is 2.39. The van der Waals surface area contributed by atoms with Crippen LogP contribution in [-0.2, 0) is 6.42 Å². The van der Waals surface area contributed by atoms with Crippen LogP contribution in [-0.4, -0.2) is 35.0 Å². The summed E-state index contributed by atoms with van der Waals surface area (Å²) >= 11 is -0.266. The molecule has 1 saturated heterocycles. The van der Waals surface area contributed by atoms with Gasteiger partial charge in [0.25, 0.3) is 0 Å². The van der Waals surface area contributed by atoms with E-state index in [1.54, 1.807) is 0 Å². The highest BCUT2D eigenvalue weighted by molar-refractivity contribution is 8.00. The van der Waals surface area contributed by atoms with E-state index in [-0.39, 0.29) is 28.8 Å². The molecule has 1 N–H and O–H groups in total. The largest absolute Gasteiger partial charge is 0.446 e. The molecular formula is C16H19F3N2S. The number of H-pyrrole nitrogens is 1. The molecule has 0 saturated carbocycles. The van der Waals surface area contributed by atoms with Gasteiger partial charge in [-0.3, -0.25) is 0 Å². The van der Waals surface area contributed by atoms with E-state index in [1.807, 2.05) is 0 Å². The number of thioether (sulfide) groups is 1. The van der Waals surface area contributed by atoms with Gasteiger partial charge in [0.05, 0.1) is 0 Å². The van der Waals surface area contributed by atoms with Gasteiger partial charge in [-0.15, -0.1) is 0 Å². The zero-order chi connectivity index (χ0) is 20.9. The first-order valence-corrected chi connectivity index (χ1v) is 7.75. The van der Waals surface area contributed by atoms with Crippen LogP contribution in [0.2, 0.25) is 0 Å². The van der Waals surface area contributed by atoms with E-state index in [0.29, 0.717) is 35.9 Å². The number of rotatable bonds is 3. The lowest BCUT2D eigenvalue weighted by Crippen LogP contribution is -2.26. The van der Waals surface area contributed by atoms with Gasteiger partial charge in [-0.1, -0.05) is 0 Å². The average molecular weight is 334 g/mol. The Kier molecular flexibility index (Phi) is 2.61. The molecule has 0 aliphatic carbocycles. The summed E-state index contributed by atoms with van der Waals surface area (Å²) in [6.07, 6.45) is 1.40. The van der Waals surface area contributed by atoms with Crippen LogP contribution in [0.1, 0.15) is 32.3 Å². The summed E-state index contributed by atoms with van der Waals surface area (Å²) in [5.41, 5.74) is -3.72. The lowest BCUT2D eigenvalue weighted by atomic mass is 10.0. The molecule has 1 aliphatic rings. The van der Waals surface area contributed by atoms with Gasteiger partial charge < -0.3 is 9.88 Å². The van der Waals surface area contributed by atoms with Crippen molar-refractivity contribution >= 4 is 22.7 Å². The second kappa shape index (κ2) is 5.81. The Morgan fingerprint density at radius 1 is 1.45 bits per heavy atom. The molecule has 0 radical (unpaired) electrons. The van der Waals surface area contributed by atoms with Crippen LogP contribution in [0, 0.1) is 6.85 Å². The molecule has 0 spiro atoms. The normalized spacial score (nSPS) is 25.3. The number of fused-ring (bicyclic) bond motifs is 1. The SMILES string of the molecule is [2H]C([2H])([2H])c1[nH]c2ccc(SC(F)(F)F)cc2c1C[C@H]1CCCN1C([2H])([2H])[2H]. The zero-order valence-electron chi connectivity index (χ0n) is 17.6. The predicted octanol–water partition coefficient (Wildman–Crippen LogP) is 4.72. The first kappa shape index (κ1) is 9.88. The molecule has 120 valence electrons. The number of likely N-dealkylation sites (tertiary alicyclic amines) is 1. The van der Waals surface area contributed by atoms with Gasteiger partial charge in [-0.2, -0.15) is 13.2 Å². The van der Waals surface area contributed by atoms with Gasteiger partial charge in [-0.05, 0) is 75.2 Å². The number of likely N-dealkylation sites (N-methyl/N-ethyl adjacent to an activating group) is 1. The number of halogens is 3. The number of alkyl halides is 3. The van der Waals surface area contributed by atoms with Crippen molar-refractivity contribution < 1.29 is 21.4 Å². The standard InChI is InChI=1S/C16H19F3N2S/c1-10-13(8-11-4-3-7-21(11)2)14-9-12(22-16(17,18)19)5-6-15(14)20-10/h5-6,9,11,20H,3-4,7-8H2,1-2H3/t11-/m1/s1/i1D3,2D3. The number of benzene rings is 1. The van der Waals surface area contributed by atoms with Gasteiger partial charge in [0.2, 0.25) is 0 Å². The van der Waals surface area contributed by atoms with Crippen LogP contribution in [0.4, 0.5) is 13.2 Å². The van der Waals surface area contributed by atoms with E-state index in [4.69, 9.17) is 8.22 Å². The third-order valence-corrected chi connectivity index (χ3v) is 4.65. The molecule has 2 nitrogen and oxygen atoms in total. The molecule has 2 heterocycles. The maximum Gasteiger partial charge on any atom is 0.446 e. The first-order valence-electron chi connectivity index (χ1n) is 9.93. The Morgan fingerprint density at radius 3 is 3.05 bits per heavy atom. The number of hydrogen-bond donors (Lipinski definition) is 1. The van der Waals surface area contributed by atoms with Crippen LogP contribution >= 0.6 is 11.8 Å². The highest BCUT2D eigenvalue weighted by Gasteiger charge is 2.29. The minimum absolute atomic E-state index is 0.0450. The molecule has 1 atom stereocenters. The maximum atomic E-state index is 12.7. The Labute approximate surface area is 140 Å². The molecule has 22 heavy (non-hydrogen) atoms. The van der Waals surface area contributed by atoms with Crippen molar-refractivity contribution in [2.45, 2.75) is 42.6 Å². The molecule has 0 amide bonds. The van der Waals surface area contributed by atoms with Crippen molar-refractivity contribution in [2.75, 3.05) is 13.5 Å². The number of aromatic nitrogens is 1. The quantitative estimate of drug-likeness (QED) is 0.819. The number of aryl methyl sites for hydroxylation is 1. The lowest BCUT2D eigenvalue weighted by Gasteiger charge is -2.19. The van der Waals surface area contributed by atoms with Crippen molar-refractivity contribution in [1.29, 1.82) is 0 Å². The summed E-state index contributed by atoms with van der Waals surface area (Å²) < 4.78 is 84.6. The Morgan fingerprint density at radius 2 is 2.32 bits per heavy atom. The van der Waals surface area contributed by atoms with Crippen LogP contribution in [0.5, 0.6) is 0 Å². The summed E-state index contributed by atoms with van der Waals surface area (Å²) in [4.78, 5) is 4.13. The topological polar surface area (TPSA) is 19.0 Å². The fourth-order valence-electron chi connectivity index (χ4n) is 2.92. The van der Waals surface area contributed by atoms with Gasteiger partial charge in [0.15, 0.2) is 0 Å². The molecule has 1 aromatic carbocycles. The van der Waals surface area contributed by atoms with Gasteiger partial charge in [-0.25, -0.2) is 0 Å². The molecule has 1 aromatic heterocycles. The fraction of sp³-hybridized carbons (Fsp3) is 0.500. The number of nitrogens with one attached hydrogen (secondary N) is 1. The zero-order valence-corrected chi connectivity index (χ0v) is 12.4. The van der Waals surface area contributed by atoms with Crippen molar-refractivity contribution in [1.82, 2.24) is 9.88 Å². The molecular weight excluding hydrogens is 309 g/mol. The van der Waals surface area contributed by atoms with Crippen LogP contribution in [0.3, 0.4) is 0 Å². The minimum atomic E-state index is -4.46. The van der Waals surface area contributed by atoms with Crippen molar-refractivity contribution in [3.05, 3.63) is 29.5 Å². The molecule has 6 heteroatoms. The van der Waals surface area contributed by atoms with Crippen molar-refractivity contribution in [3.8, 4) is 0 Å². The van der Waals surface area contributed by atoms with Crippen molar-refractivity contribution in [2.24, 2.45) is 0 Å². The van der Waals surface area contributed by atoms with Crippen LogP contribution < -0.4 is 0 Å². The number of nitrogens with zero attached hydrogens (tertiary/aromatic N) is 1. The molecule has 1 fully saturated rings. The number of aromatic amines is 1. The first-order chi connectivity index (χ1) is 12.8. The van der Waals surface area contributed by atoms with Crippen molar-refractivity contribution in [3.63, 3.8) is 0 Å². The number of hydrogen-bond acceptors (Lipinski definition) is 2. The van der Waals surface area contributed by atoms with E-state index in [1.165, 1.54) is 23.1 Å². The predicted molar refractivity (Wildman–Crippen MR) is 84.3 cm³/mol. The van der Waals surface area contributed by atoms with E-state index in [2.05, 4.69) is 4.98 Å². The van der Waals surface area contributed by atoms with E-state index < -0.39 is 25.4 Å². The summed E-state index contributed by atoms with van der Waals surface area (Å²) in [6.45, 7) is -4.42. The summed E-state index contributed by atoms with van der Waals surface area (Å²) in [6, 6.07) is 3.64. The van der Waals surface area contributed by atoms with Crippen LogP contribution in [0.25, 0.3) is 10.9 Å². The lowest BCUT2D eigenvalue weighted by molar-refractivity contribution is -0.0328. The minimum Gasteiger partial charge on any atom is -0.358 e. The second-order valence-corrected chi connectivity index (χ2v) is 6.57. The average Bonchev–Trinajstić information content (AvgIpc) is 3.10. The highest BCUT2D eigenvalue weighted by atomic mass is 32.2. The fourth-order valence-corrected chi connectivity index (χ4v) is 3.50. The maximum absolute atomic E-state index is 12.7. The molecule has 0 bridgehead atoms. The Hall–Kier alpha value is -1.14. The smallest absolute Gasteiger partial charge is 0.358 e.